The van der Waals surface area contributed by atoms with Crippen LogP contribution in [-0.2, 0) is 0 Å². The Morgan fingerprint density at radius 2 is 1.90 bits per heavy atom. The predicted molar refractivity (Wildman–Crippen MR) is 117 cm³/mol. The molecule has 0 spiro atoms. The second-order valence-corrected chi connectivity index (χ2v) is 6.93. The number of halogens is 1. The molecule has 0 radical (unpaired) electrons. The Hall–Kier alpha value is -4.11. The number of rotatable bonds is 4. The third-order valence-corrected chi connectivity index (χ3v) is 4.94. The summed E-state index contributed by atoms with van der Waals surface area (Å²) < 4.78 is 6.73. The number of methoxy groups -OCH3 is 1. The Bertz CT molecular complexity index is 1490. The van der Waals surface area contributed by atoms with Gasteiger partial charge in [0.15, 0.2) is 11.5 Å². The Morgan fingerprint density at radius 1 is 1.06 bits per heavy atom. The fourth-order valence-corrected chi connectivity index (χ4v) is 3.40. The number of anilines is 2. The molecule has 0 aliphatic rings. The fourth-order valence-electron chi connectivity index (χ4n) is 3.14. The van der Waals surface area contributed by atoms with E-state index in [4.69, 9.17) is 21.3 Å². The molecule has 2 aromatic carbocycles. The van der Waals surface area contributed by atoms with Crippen LogP contribution in [-0.4, -0.2) is 36.7 Å². The SMILES string of the molecule is COc1ccc(-c2nc3c4c(Cl)cccc4nc(Nc4cnccnc4=O)n3n2)cc1. The zero-order valence-corrected chi connectivity index (χ0v) is 16.9. The van der Waals surface area contributed by atoms with E-state index in [0.29, 0.717) is 27.4 Å². The molecule has 5 aromatic rings. The van der Waals surface area contributed by atoms with E-state index < -0.39 is 5.56 Å². The number of hydrogen-bond acceptors (Lipinski definition) is 8. The molecular weight excluding hydrogens is 418 g/mol. The molecule has 0 aliphatic heterocycles. The van der Waals surface area contributed by atoms with E-state index in [-0.39, 0.29) is 11.6 Å². The van der Waals surface area contributed by atoms with Gasteiger partial charge in [-0.05, 0) is 36.4 Å². The van der Waals surface area contributed by atoms with Gasteiger partial charge in [0.1, 0.15) is 11.4 Å². The van der Waals surface area contributed by atoms with Gasteiger partial charge in [0, 0.05) is 18.0 Å². The summed E-state index contributed by atoms with van der Waals surface area (Å²) in [6, 6.07) is 12.7. The molecule has 0 atom stereocenters. The molecule has 5 rings (SSSR count). The van der Waals surface area contributed by atoms with Gasteiger partial charge in [-0.3, -0.25) is 9.78 Å². The van der Waals surface area contributed by atoms with Crippen molar-refractivity contribution in [2.45, 2.75) is 0 Å². The second kappa shape index (κ2) is 7.62. The number of nitrogens with one attached hydrogen (secondary N) is 1. The molecule has 0 unspecified atom stereocenters. The second-order valence-electron chi connectivity index (χ2n) is 6.52. The quantitative estimate of drug-likeness (QED) is 0.460. The van der Waals surface area contributed by atoms with Crippen molar-refractivity contribution in [2.24, 2.45) is 0 Å². The number of hydrogen-bond donors (Lipinski definition) is 1. The van der Waals surface area contributed by atoms with Crippen LogP contribution in [0.4, 0.5) is 11.6 Å². The van der Waals surface area contributed by atoms with Crippen LogP contribution in [0.3, 0.4) is 0 Å². The van der Waals surface area contributed by atoms with Crippen LogP contribution in [0.2, 0.25) is 5.02 Å². The first kappa shape index (κ1) is 18.9. The lowest BCUT2D eigenvalue weighted by atomic mass is 10.2. The number of fused-ring (bicyclic) bond motifs is 3. The first-order valence-electron chi connectivity index (χ1n) is 9.21. The van der Waals surface area contributed by atoms with Gasteiger partial charge >= 0.3 is 0 Å². The maximum atomic E-state index is 12.2. The summed E-state index contributed by atoms with van der Waals surface area (Å²) in [4.78, 5) is 29.3. The first-order chi connectivity index (χ1) is 15.1. The first-order valence-corrected chi connectivity index (χ1v) is 9.58. The van der Waals surface area contributed by atoms with Crippen molar-refractivity contribution in [1.29, 1.82) is 0 Å². The molecule has 0 aliphatic carbocycles. The van der Waals surface area contributed by atoms with Gasteiger partial charge in [0.2, 0.25) is 5.95 Å². The van der Waals surface area contributed by atoms with Crippen molar-refractivity contribution in [2.75, 3.05) is 12.4 Å². The highest BCUT2D eigenvalue weighted by Gasteiger charge is 2.17. The molecule has 10 heteroatoms. The zero-order chi connectivity index (χ0) is 21.4. The standard InChI is InChI=1S/C21H14ClN7O2/c1-31-13-7-5-12(6-8-13)18-27-19-17-14(22)3-2-4-15(17)25-21(29(19)28-18)26-16-11-23-9-10-24-20(16)30/h2-11H,1H3,(H,24,25,26,30). The van der Waals surface area contributed by atoms with Crippen LogP contribution < -0.4 is 15.6 Å². The number of benzene rings is 2. The smallest absolute Gasteiger partial charge is 0.295 e. The minimum atomic E-state index is -0.478. The van der Waals surface area contributed by atoms with Gasteiger partial charge < -0.3 is 10.1 Å². The van der Waals surface area contributed by atoms with Crippen molar-refractivity contribution in [1.82, 2.24) is 29.5 Å². The lowest BCUT2D eigenvalue weighted by molar-refractivity contribution is 0.415. The lowest BCUT2D eigenvalue weighted by Gasteiger charge is -2.08. The van der Waals surface area contributed by atoms with Gasteiger partial charge in [-0.2, -0.15) is 4.52 Å². The van der Waals surface area contributed by atoms with E-state index >= 15 is 0 Å². The van der Waals surface area contributed by atoms with Crippen LogP contribution in [0.1, 0.15) is 0 Å². The maximum Gasteiger partial charge on any atom is 0.295 e. The van der Waals surface area contributed by atoms with E-state index in [1.54, 1.807) is 19.2 Å². The summed E-state index contributed by atoms with van der Waals surface area (Å²) in [6.45, 7) is 0. The monoisotopic (exact) mass is 431 g/mol. The molecule has 1 N–H and O–H groups in total. The Morgan fingerprint density at radius 3 is 2.71 bits per heavy atom. The average molecular weight is 432 g/mol. The van der Waals surface area contributed by atoms with Crippen LogP contribution in [0.25, 0.3) is 27.9 Å². The van der Waals surface area contributed by atoms with E-state index in [2.05, 4.69) is 25.4 Å². The summed E-state index contributed by atoms with van der Waals surface area (Å²) in [7, 11) is 1.60. The molecule has 3 heterocycles. The topological polar surface area (TPSA) is 107 Å². The average Bonchev–Trinajstić information content (AvgIpc) is 3.13. The minimum absolute atomic E-state index is 0.154. The normalized spacial score (nSPS) is 11.0. The summed E-state index contributed by atoms with van der Waals surface area (Å²) in [5.74, 6) is 1.48. The van der Waals surface area contributed by atoms with E-state index in [1.165, 1.54) is 23.1 Å². The number of ether oxygens (including phenoxy) is 1. The van der Waals surface area contributed by atoms with Gasteiger partial charge in [-0.1, -0.05) is 17.7 Å². The number of aromatic nitrogens is 6. The minimum Gasteiger partial charge on any atom is -0.497 e. The highest BCUT2D eigenvalue weighted by Crippen LogP contribution is 2.30. The van der Waals surface area contributed by atoms with Crippen molar-refractivity contribution < 1.29 is 4.74 Å². The summed E-state index contributed by atoms with van der Waals surface area (Å²) in [6.07, 6.45) is 4.13. The highest BCUT2D eigenvalue weighted by atomic mass is 35.5. The Kier molecular flexibility index (Phi) is 4.64. The summed E-state index contributed by atoms with van der Waals surface area (Å²) in [5.41, 5.74) is 1.56. The molecule has 152 valence electrons. The van der Waals surface area contributed by atoms with Crippen molar-refractivity contribution in [3.05, 3.63) is 76.4 Å². The fraction of sp³-hybridized carbons (Fsp3) is 0.0476. The third-order valence-electron chi connectivity index (χ3n) is 4.62. The molecule has 0 saturated heterocycles. The molecule has 31 heavy (non-hydrogen) atoms. The van der Waals surface area contributed by atoms with Crippen molar-refractivity contribution in [3.8, 4) is 17.1 Å². The van der Waals surface area contributed by atoms with Crippen LogP contribution in [0.15, 0.2) is 65.8 Å². The van der Waals surface area contributed by atoms with Gasteiger partial charge in [-0.25, -0.2) is 15.0 Å². The van der Waals surface area contributed by atoms with Crippen LogP contribution >= 0.6 is 11.6 Å². The number of nitrogens with zero attached hydrogens (tertiary/aromatic N) is 6. The van der Waals surface area contributed by atoms with Gasteiger partial charge in [0.25, 0.3) is 5.56 Å². The summed E-state index contributed by atoms with van der Waals surface area (Å²) >= 11 is 6.46. The largest absolute Gasteiger partial charge is 0.497 e. The van der Waals surface area contributed by atoms with E-state index in [0.717, 1.165) is 11.3 Å². The molecule has 0 fully saturated rings. The van der Waals surface area contributed by atoms with E-state index in [1.807, 2.05) is 30.3 Å². The molecule has 0 bridgehead atoms. The predicted octanol–water partition coefficient (Wildman–Crippen LogP) is 3.50. The van der Waals surface area contributed by atoms with E-state index in [9.17, 15) is 4.79 Å². The highest BCUT2D eigenvalue weighted by molar-refractivity contribution is 6.36. The molecule has 3 aromatic heterocycles. The molecular formula is C21H14ClN7O2. The van der Waals surface area contributed by atoms with Gasteiger partial charge in [-0.15, -0.1) is 5.10 Å². The van der Waals surface area contributed by atoms with Crippen LogP contribution in [0.5, 0.6) is 5.75 Å². The molecule has 0 amide bonds. The maximum absolute atomic E-state index is 12.2. The van der Waals surface area contributed by atoms with Gasteiger partial charge in [0.05, 0.1) is 29.2 Å². The third kappa shape index (κ3) is 3.40. The van der Waals surface area contributed by atoms with Crippen molar-refractivity contribution in [3.63, 3.8) is 0 Å². The Labute approximate surface area is 180 Å². The lowest BCUT2D eigenvalue weighted by Crippen LogP contribution is -2.12. The zero-order valence-electron chi connectivity index (χ0n) is 16.2. The molecule has 0 saturated carbocycles. The Balaban J connectivity index is 1.75. The van der Waals surface area contributed by atoms with Crippen molar-refractivity contribution >= 4 is 39.8 Å². The summed E-state index contributed by atoms with van der Waals surface area (Å²) in [5, 5.41) is 8.73. The molecule has 9 nitrogen and oxygen atoms in total. The van der Waals surface area contributed by atoms with Crippen LogP contribution in [0, 0.1) is 0 Å².